The van der Waals surface area contributed by atoms with Gasteiger partial charge >= 0.3 is 0 Å². The average molecular weight is 509 g/mol. The number of amides is 1. The van der Waals surface area contributed by atoms with E-state index in [1.807, 2.05) is 18.3 Å². The SMILES string of the molecule is C=CC(C)C1CCc2sc(C)c(C(=C)NCC3CC3)c2C1.CCCC(N)=O.CCc1ccc(C)cc1. The summed E-state index contributed by atoms with van der Waals surface area (Å²) in [5.74, 6) is 2.04. The minimum Gasteiger partial charge on any atom is -0.385 e. The number of hydrogen-bond acceptors (Lipinski definition) is 3. The van der Waals surface area contributed by atoms with Crippen molar-refractivity contribution in [3.05, 3.63) is 75.5 Å². The Morgan fingerprint density at radius 3 is 2.36 bits per heavy atom. The topological polar surface area (TPSA) is 55.1 Å². The van der Waals surface area contributed by atoms with E-state index < -0.39 is 0 Å². The first-order chi connectivity index (χ1) is 17.2. The highest BCUT2D eigenvalue weighted by molar-refractivity contribution is 7.12. The number of primary amides is 1. The monoisotopic (exact) mass is 508 g/mol. The molecular formula is C32H48N2OS. The summed E-state index contributed by atoms with van der Waals surface area (Å²) in [5, 5.41) is 3.59. The van der Waals surface area contributed by atoms with Crippen LogP contribution in [0.2, 0.25) is 0 Å². The third kappa shape index (κ3) is 9.61. The molecule has 1 aromatic carbocycles. The quantitative estimate of drug-likeness (QED) is 0.340. The highest BCUT2D eigenvalue weighted by atomic mass is 32.1. The standard InChI is InChI=1S/C19H27NS.C9H12.C4H9NO/c1-5-12(2)16-8-9-18-17(10-16)19(14(4)21-18)13(3)20-11-15-6-7-15;1-3-9-6-4-8(2)5-7-9;1-2-3-4(5)6/h5,12,15-16,20H,1,3,6-11H2,2,4H3;4-7H,3H2,1-2H3;2-3H2,1H3,(H2,5,6). The number of nitrogens with one attached hydrogen (secondary N) is 1. The van der Waals surface area contributed by atoms with E-state index in [1.165, 1.54) is 53.7 Å². The Balaban J connectivity index is 0.000000251. The minimum absolute atomic E-state index is 0.211. The van der Waals surface area contributed by atoms with Crippen LogP contribution in [-0.4, -0.2) is 12.5 Å². The lowest BCUT2D eigenvalue weighted by Crippen LogP contribution is -2.21. The lowest BCUT2D eigenvalue weighted by atomic mass is 9.79. The van der Waals surface area contributed by atoms with Crippen molar-refractivity contribution in [2.24, 2.45) is 23.5 Å². The van der Waals surface area contributed by atoms with Gasteiger partial charge in [-0.05, 0) is 87.7 Å². The Hall–Kier alpha value is -2.33. The lowest BCUT2D eigenvalue weighted by Gasteiger charge is -2.27. The van der Waals surface area contributed by atoms with Gasteiger partial charge < -0.3 is 11.1 Å². The van der Waals surface area contributed by atoms with Crippen LogP contribution in [0.1, 0.15) is 84.9 Å². The highest BCUT2D eigenvalue weighted by Gasteiger charge is 2.28. The number of aryl methyl sites for hydroxylation is 4. The van der Waals surface area contributed by atoms with Crippen LogP contribution in [0.3, 0.4) is 0 Å². The van der Waals surface area contributed by atoms with Gasteiger partial charge in [0, 0.05) is 34.0 Å². The van der Waals surface area contributed by atoms with Crippen LogP contribution >= 0.6 is 11.3 Å². The Kier molecular flexibility index (Phi) is 12.5. The van der Waals surface area contributed by atoms with Gasteiger partial charge in [-0.3, -0.25) is 4.79 Å². The normalized spacial score (nSPS) is 16.9. The zero-order chi connectivity index (χ0) is 26.7. The van der Waals surface area contributed by atoms with E-state index >= 15 is 0 Å². The van der Waals surface area contributed by atoms with Gasteiger partial charge in [-0.2, -0.15) is 0 Å². The molecule has 0 spiro atoms. The van der Waals surface area contributed by atoms with E-state index in [0.717, 1.165) is 36.9 Å². The van der Waals surface area contributed by atoms with Gasteiger partial charge in [0.25, 0.3) is 0 Å². The molecule has 2 atom stereocenters. The third-order valence-electron chi connectivity index (χ3n) is 7.22. The summed E-state index contributed by atoms with van der Waals surface area (Å²) >= 11 is 1.99. The predicted octanol–water partition coefficient (Wildman–Crippen LogP) is 7.78. The van der Waals surface area contributed by atoms with Gasteiger partial charge in [-0.25, -0.2) is 0 Å². The fraction of sp³-hybridized carbons (Fsp3) is 0.531. The zero-order valence-corrected chi connectivity index (χ0v) is 24.1. The van der Waals surface area contributed by atoms with E-state index in [2.05, 4.69) is 76.5 Å². The Bertz CT molecular complexity index is 984. The van der Waals surface area contributed by atoms with Crippen molar-refractivity contribution >= 4 is 22.9 Å². The Morgan fingerprint density at radius 2 is 1.86 bits per heavy atom. The third-order valence-corrected chi connectivity index (χ3v) is 8.43. The molecular weight excluding hydrogens is 460 g/mol. The predicted molar refractivity (Wildman–Crippen MR) is 158 cm³/mol. The van der Waals surface area contributed by atoms with Gasteiger partial charge in [-0.15, -0.1) is 17.9 Å². The van der Waals surface area contributed by atoms with Crippen molar-refractivity contribution in [2.75, 3.05) is 6.54 Å². The maximum atomic E-state index is 9.82. The van der Waals surface area contributed by atoms with E-state index in [1.54, 1.807) is 10.4 Å². The molecule has 1 saturated carbocycles. The first-order valence-corrected chi connectivity index (χ1v) is 14.5. The number of nitrogens with two attached hydrogens (primary N) is 1. The molecule has 1 aromatic heterocycles. The maximum Gasteiger partial charge on any atom is 0.217 e. The Morgan fingerprint density at radius 1 is 1.19 bits per heavy atom. The maximum absolute atomic E-state index is 9.82. The van der Waals surface area contributed by atoms with Crippen LogP contribution < -0.4 is 11.1 Å². The summed E-state index contributed by atoms with van der Waals surface area (Å²) < 4.78 is 0. The van der Waals surface area contributed by atoms with Crippen LogP contribution in [0.4, 0.5) is 0 Å². The smallest absolute Gasteiger partial charge is 0.217 e. The second-order valence-electron chi connectivity index (χ2n) is 10.4. The molecule has 0 bridgehead atoms. The summed E-state index contributed by atoms with van der Waals surface area (Å²) in [6.07, 6.45) is 11.2. The van der Waals surface area contributed by atoms with Gasteiger partial charge in [0.05, 0.1) is 0 Å². The molecule has 4 rings (SSSR count). The molecule has 3 N–H and O–H groups in total. The summed E-state index contributed by atoms with van der Waals surface area (Å²) in [4.78, 5) is 12.9. The fourth-order valence-electron chi connectivity index (χ4n) is 4.53. The largest absolute Gasteiger partial charge is 0.385 e. The lowest BCUT2D eigenvalue weighted by molar-refractivity contribution is -0.118. The van der Waals surface area contributed by atoms with E-state index in [9.17, 15) is 4.79 Å². The van der Waals surface area contributed by atoms with Crippen LogP contribution in [0.25, 0.3) is 5.70 Å². The van der Waals surface area contributed by atoms with Gasteiger partial charge in [0.1, 0.15) is 0 Å². The van der Waals surface area contributed by atoms with Crippen molar-refractivity contribution in [1.82, 2.24) is 5.32 Å². The number of hydrogen-bond donors (Lipinski definition) is 2. The molecule has 2 unspecified atom stereocenters. The molecule has 0 saturated heterocycles. The number of allylic oxidation sites excluding steroid dienone is 1. The van der Waals surface area contributed by atoms with Crippen molar-refractivity contribution < 1.29 is 4.79 Å². The number of rotatable bonds is 9. The number of carbonyl (C=O) groups is 1. The average Bonchev–Trinajstić information content (AvgIpc) is 3.63. The molecule has 3 nitrogen and oxygen atoms in total. The van der Waals surface area contributed by atoms with Crippen molar-refractivity contribution in [3.8, 4) is 0 Å². The molecule has 1 amide bonds. The van der Waals surface area contributed by atoms with Gasteiger partial charge in [0.15, 0.2) is 0 Å². The number of fused-ring (bicyclic) bond motifs is 1. The van der Waals surface area contributed by atoms with E-state index in [4.69, 9.17) is 5.73 Å². The second kappa shape index (κ2) is 15.0. The minimum atomic E-state index is -0.211. The van der Waals surface area contributed by atoms with Crippen molar-refractivity contribution in [3.63, 3.8) is 0 Å². The number of thiophene rings is 1. The molecule has 0 radical (unpaired) electrons. The van der Waals surface area contributed by atoms with E-state index in [-0.39, 0.29) is 5.91 Å². The van der Waals surface area contributed by atoms with Crippen LogP contribution in [0.15, 0.2) is 43.5 Å². The molecule has 1 fully saturated rings. The zero-order valence-electron chi connectivity index (χ0n) is 23.3. The van der Waals surface area contributed by atoms with Crippen molar-refractivity contribution in [1.29, 1.82) is 0 Å². The van der Waals surface area contributed by atoms with Gasteiger partial charge in [-0.1, -0.05) is 63.3 Å². The van der Waals surface area contributed by atoms with E-state index in [0.29, 0.717) is 12.3 Å². The molecule has 2 aliphatic rings. The molecule has 1 heterocycles. The Labute approximate surface area is 224 Å². The molecule has 2 aromatic rings. The summed E-state index contributed by atoms with van der Waals surface area (Å²) in [6.45, 7) is 20.2. The molecule has 2 aliphatic carbocycles. The summed E-state index contributed by atoms with van der Waals surface area (Å²) in [5.41, 5.74) is 11.7. The number of benzene rings is 1. The first kappa shape index (κ1) is 29.9. The van der Waals surface area contributed by atoms with Gasteiger partial charge in [0.2, 0.25) is 5.91 Å². The molecule has 0 aliphatic heterocycles. The summed E-state index contributed by atoms with van der Waals surface area (Å²) in [6, 6.07) is 8.66. The van der Waals surface area contributed by atoms with Crippen LogP contribution in [-0.2, 0) is 24.1 Å². The van der Waals surface area contributed by atoms with Crippen molar-refractivity contribution in [2.45, 2.75) is 86.0 Å². The van der Waals surface area contributed by atoms with Crippen LogP contribution in [0, 0.1) is 31.6 Å². The molecule has 198 valence electrons. The van der Waals surface area contributed by atoms with Crippen LogP contribution in [0.5, 0.6) is 0 Å². The number of carbonyl (C=O) groups excluding carboxylic acids is 1. The fourth-order valence-corrected chi connectivity index (χ4v) is 5.78. The first-order valence-electron chi connectivity index (χ1n) is 13.7. The second-order valence-corrected chi connectivity index (χ2v) is 11.7. The highest BCUT2D eigenvalue weighted by Crippen LogP contribution is 2.40. The molecule has 36 heavy (non-hydrogen) atoms. The molecule has 4 heteroatoms. The summed E-state index contributed by atoms with van der Waals surface area (Å²) in [7, 11) is 0.